The van der Waals surface area contributed by atoms with Gasteiger partial charge in [-0.3, -0.25) is 38.0 Å². The third-order valence-electron chi connectivity index (χ3n) is 15.7. The van der Waals surface area contributed by atoms with Crippen molar-refractivity contribution in [2.45, 2.75) is 110 Å². The average Bonchev–Trinajstić information content (AvgIpc) is 1.43. The predicted molar refractivity (Wildman–Crippen MR) is 335 cm³/mol. The number of nitrogens with one attached hydrogen (secondary N) is 3. The molecule has 6 N–H and O–H groups in total. The van der Waals surface area contributed by atoms with Crippen molar-refractivity contribution >= 4 is 72.2 Å². The quantitative estimate of drug-likeness (QED) is 0.0136. The van der Waals surface area contributed by atoms with E-state index in [1.54, 1.807) is 7.11 Å². The van der Waals surface area contributed by atoms with Crippen molar-refractivity contribution < 1.29 is 85.2 Å². The average molecular weight is 1290 g/mol. The van der Waals surface area contributed by atoms with E-state index >= 15 is 0 Å². The summed E-state index contributed by atoms with van der Waals surface area (Å²) in [7, 11) is -2.00. The molecule has 1 aliphatic carbocycles. The molecule has 2 unspecified atom stereocenters. The summed E-state index contributed by atoms with van der Waals surface area (Å²) in [6.45, 7) is 9.57. The van der Waals surface area contributed by atoms with Crippen LogP contribution in [0.25, 0.3) is 22.2 Å². The molecule has 6 atom stereocenters. The molecule has 492 valence electrons. The smallest absolute Gasteiger partial charge is 0.472 e. The van der Waals surface area contributed by atoms with E-state index in [0.717, 1.165) is 117 Å². The minimum Gasteiger partial charge on any atom is -0.496 e. The number of alkyl carbamates (subject to hydrolysis) is 1. The van der Waals surface area contributed by atoms with Crippen molar-refractivity contribution in [2.75, 3.05) is 89.6 Å². The van der Waals surface area contributed by atoms with E-state index in [9.17, 15) is 38.2 Å². The molecule has 4 aromatic carbocycles. The lowest BCUT2D eigenvalue weighted by atomic mass is 9.97. The molecule has 0 saturated carbocycles. The number of unbranched alkanes of at least 4 members (excludes halogenated alkanes) is 2. The maximum atomic E-state index is 13.7. The van der Waals surface area contributed by atoms with E-state index in [4.69, 9.17) is 52.7 Å². The van der Waals surface area contributed by atoms with Crippen molar-refractivity contribution in [2.24, 2.45) is 0 Å². The number of benzene rings is 4. The number of hydrogen-bond donors (Lipinski definition) is 5. The number of carbonyl (C=O) groups is 6. The van der Waals surface area contributed by atoms with Gasteiger partial charge in [-0.15, -0.1) is 0 Å². The van der Waals surface area contributed by atoms with Crippen LogP contribution in [0.2, 0.25) is 0 Å². The highest BCUT2D eigenvalue weighted by Gasteiger charge is 2.56. The molecular formula is C64H78N9O18P. The number of nitrogen functional groups attached to an aromatic ring is 1. The Morgan fingerprint density at radius 1 is 0.750 bits per heavy atom. The van der Waals surface area contributed by atoms with Gasteiger partial charge in [0, 0.05) is 97.2 Å². The maximum Gasteiger partial charge on any atom is 0.472 e. The molecule has 92 heavy (non-hydrogen) atoms. The van der Waals surface area contributed by atoms with Crippen molar-refractivity contribution in [1.29, 1.82) is 0 Å². The molecule has 4 heterocycles. The number of phosphoric ester groups is 1. The minimum absolute atomic E-state index is 0.0383. The normalized spacial score (nSPS) is 18.8. The van der Waals surface area contributed by atoms with Crippen LogP contribution in [0.1, 0.15) is 87.1 Å². The van der Waals surface area contributed by atoms with Gasteiger partial charge in [-0.1, -0.05) is 86.5 Å². The first-order valence-electron chi connectivity index (χ1n) is 30.3. The summed E-state index contributed by atoms with van der Waals surface area (Å²) in [6, 6.07) is 28.0. The molecule has 6 aromatic rings. The number of nitrogens with two attached hydrogens (primary N) is 1. The zero-order chi connectivity index (χ0) is 65.5. The number of piperazine rings is 1. The van der Waals surface area contributed by atoms with Crippen molar-refractivity contribution in [1.82, 2.24) is 29.7 Å². The van der Waals surface area contributed by atoms with E-state index in [2.05, 4.69) is 65.4 Å². The molecule has 9 rings (SSSR count). The van der Waals surface area contributed by atoms with Gasteiger partial charge in [-0.05, 0) is 64.1 Å². The second-order valence-corrected chi connectivity index (χ2v) is 23.7. The highest BCUT2D eigenvalue weighted by atomic mass is 31.2. The number of phosphoric acid groups is 1. The van der Waals surface area contributed by atoms with Crippen LogP contribution in [-0.2, 0) is 85.7 Å². The summed E-state index contributed by atoms with van der Waals surface area (Å²) in [5.41, 5.74) is 14.0. The summed E-state index contributed by atoms with van der Waals surface area (Å²) < 4.78 is 71.4. The number of esters is 4. The molecule has 3 aliphatic rings. The summed E-state index contributed by atoms with van der Waals surface area (Å²) in [6.07, 6.45) is -4.58. The number of fused-ring (bicyclic) bond motifs is 4. The van der Waals surface area contributed by atoms with Gasteiger partial charge in [0.25, 0.3) is 0 Å². The third kappa shape index (κ3) is 17.7. The molecule has 2 aromatic heterocycles. The molecular weight excluding hydrogens is 1210 g/mol. The maximum absolute atomic E-state index is 13.7. The van der Waals surface area contributed by atoms with E-state index in [1.165, 1.54) is 18.2 Å². The zero-order valence-electron chi connectivity index (χ0n) is 52.2. The Balaban J connectivity index is 0.809. The van der Waals surface area contributed by atoms with Gasteiger partial charge in [0.05, 0.1) is 45.2 Å². The van der Waals surface area contributed by atoms with Gasteiger partial charge >= 0.3 is 37.8 Å². The number of aromatic nitrogens is 3. The molecule has 27 nitrogen and oxygen atoms in total. The minimum atomic E-state index is -4.69. The van der Waals surface area contributed by atoms with Crippen LogP contribution in [0.5, 0.6) is 11.5 Å². The lowest BCUT2D eigenvalue weighted by Crippen LogP contribution is -2.64. The molecule has 28 heteroatoms. The molecule has 2 fully saturated rings. The number of rotatable bonds is 29. The van der Waals surface area contributed by atoms with E-state index in [0.29, 0.717) is 38.5 Å². The van der Waals surface area contributed by atoms with Crippen LogP contribution < -0.4 is 31.2 Å². The SMILES string of the molecule is CCCCCNc1nc(N)nc2ccn(Cc3ccc(CN4CCN(CCOP(=O)(O)OCc5ccc(O[C@@H]6O[C@H](C(=O)OC)[C@@H](OC(C)=O)[C@H](OC(C)=O)C6OC(C)=O)c(NC(=O)CCNC(=O)OCC6c7ccccc7-c7ccccc76)c5)CC4)cc3OC)c12. The first-order chi connectivity index (χ1) is 44.3. The van der Waals surface area contributed by atoms with Crippen LogP contribution in [0.4, 0.5) is 22.2 Å². The highest BCUT2D eigenvalue weighted by molar-refractivity contribution is 7.47. The number of ether oxygens (including phenoxy) is 8. The fourth-order valence-corrected chi connectivity index (χ4v) is 12.1. The van der Waals surface area contributed by atoms with Crippen molar-refractivity contribution in [3.8, 4) is 22.6 Å². The van der Waals surface area contributed by atoms with Gasteiger partial charge in [-0.2, -0.15) is 4.98 Å². The first-order valence-corrected chi connectivity index (χ1v) is 31.8. The fourth-order valence-electron chi connectivity index (χ4n) is 11.4. The monoisotopic (exact) mass is 1290 g/mol. The Labute approximate surface area is 532 Å². The van der Waals surface area contributed by atoms with Crippen LogP contribution in [0.15, 0.2) is 97.2 Å². The third-order valence-corrected chi connectivity index (χ3v) is 16.6. The lowest BCUT2D eigenvalue weighted by molar-refractivity contribution is -0.282. The Kier molecular flexibility index (Phi) is 23.2. The first kappa shape index (κ1) is 67.7. The van der Waals surface area contributed by atoms with Crippen LogP contribution in [0, 0.1) is 0 Å². The number of nitrogens with zero attached hydrogens (tertiary/aromatic N) is 5. The second-order valence-electron chi connectivity index (χ2n) is 22.3. The standard InChI is InChI=1S/C64H78N9O18P/c1-7-8-13-24-66-60-55-50(69-63(65)70-60)23-26-73(55)36-44-20-18-42(34-53(44)82-5)35-72-29-27-71(28-30-72)31-32-85-92(80,81)86-37-43-19-21-52(90-62-59(89-41(4)76)57(88-40(3)75)56(87-39(2)74)58(91-62)61(78)83-6)51(33-43)68-54(77)22-25-67-64(79)84-38-49-47-16-11-9-14-45(47)46-15-10-12-17-48(46)49/h9-12,14-21,23,26,33-34,49,56-59,62H,7-8,13,22,24-25,27-32,35-38H2,1-6H3,(H,67,79)(H,68,77)(H,80,81)(H3,65,66,69,70)/t56-,57-,58-,59?,62+/m0/s1. The zero-order valence-corrected chi connectivity index (χ0v) is 53.1. The summed E-state index contributed by atoms with van der Waals surface area (Å²) in [5, 5.41) is 8.75. The van der Waals surface area contributed by atoms with Gasteiger partial charge in [0.2, 0.25) is 24.2 Å². The van der Waals surface area contributed by atoms with Crippen LogP contribution >= 0.6 is 7.82 Å². The molecule has 0 bridgehead atoms. The molecule has 0 spiro atoms. The number of hydrogen-bond acceptors (Lipinski definition) is 23. The van der Waals surface area contributed by atoms with E-state index in [-0.39, 0.29) is 55.0 Å². The number of amides is 2. The molecule has 0 radical (unpaired) electrons. The van der Waals surface area contributed by atoms with E-state index in [1.807, 2.05) is 60.8 Å². The Morgan fingerprint density at radius 3 is 2.11 bits per heavy atom. The lowest BCUT2D eigenvalue weighted by Gasteiger charge is -2.43. The van der Waals surface area contributed by atoms with Crippen molar-refractivity contribution in [3.63, 3.8) is 0 Å². The Hall–Kier alpha value is -8.69. The van der Waals surface area contributed by atoms with Crippen LogP contribution in [0.3, 0.4) is 0 Å². The van der Waals surface area contributed by atoms with Gasteiger partial charge in [0.15, 0.2) is 24.1 Å². The summed E-state index contributed by atoms with van der Waals surface area (Å²) in [5.74, 6) is -3.21. The largest absolute Gasteiger partial charge is 0.496 e. The fraction of sp³-hybridized carbons (Fsp3) is 0.438. The topological polar surface area (TPSA) is 331 Å². The Morgan fingerprint density at radius 2 is 1.42 bits per heavy atom. The highest BCUT2D eigenvalue weighted by Crippen LogP contribution is 2.46. The number of anilines is 3. The van der Waals surface area contributed by atoms with Crippen molar-refractivity contribution in [3.05, 3.63) is 125 Å². The summed E-state index contributed by atoms with van der Waals surface area (Å²) >= 11 is 0. The Bertz CT molecular complexity index is 3610. The summed E-state index contributed by atoms with van der Waals surface area (Å²) in [4.78, 5) is 102. The van der Waals surface area contributed by atoms with E-state index < -0.39 is 81.0 Å². The van der Waals surface area contributed by atoms with Gasteiger partial charge < -0.3 is 69.0 Å². The molecule has 2 saturated heterocycles. The van der Waals surface area contributed by atoms with Gasteiger partial charge in [0.1, 0.15) is 23.6 Å². The predicted octanol–water partition coefficient (Wildman–Crippen LogP) is 7.06. The van der Waals surface area contributed by atoms with Crippen LogP contribution in [-0.4, -0.2) is 169 Å². The number of carbonyl (C=O) groups excluding carboxylic acids is 6. The van der Waals surface area contributed by atoms with Gasteiger partial charge in [-0.25, -0.2) is 19.1 Å². The molecule has 2 aliphatic heterocycles. The second kappa shape index (κ2) is 31.6. The molecule has 2 amide bonds. The number of methoxy groups -OCH3 is 2.